The molecule has 0 amide bonds. The molecule has 13 heavy (non-hydrogen) atoms. The van der Waals surface area contributed by atoms with Crippen LogP contribution in [0.2, 0.25) is 19.6 Å². The van der Waals surface area contributed by atoms with Gasteiger partial charge in [0.1, 0.15) is 0 Å². The van der Waals surface area contributed by atoms with Gasteiger partial charge in [0.25, 0.3) is 0 Å². The Kier molecular flexibility index (Phi) is 1.95. The predicted molar refractivity (Wildman–Crippen MR) is 58.4 cm³/mol. The minimum absolute atomic E-state index is 0.329. The summed E-state index contributed by atoms with van der Waals surface area (Å²) in [5.74, 6) is 0. The van der Waals surface area contributed by atoms with Gasteiger partial charge in [-0.3, -0.25) is 0 Å². The van der Waals surface area contributed by atoms with E-state index in [9.17, 15) is 0 Å². The molecule has 0 heterocycles. The Bertz CT molecular complexity index is 217. The molecule has 0 aliphatic heterocycles. The van der Waals surface area contributed by atoms with E-state index in [2.05, 4.69) is 26.6 Å². The highest BCUT2D eigenvalue weighted by Crippen LogP contribution is 2.67. The molecule has 0 unspecified atom stereocenters. The Hall–Kier alpha value is 0.177. The summed E-state index contributed by atoms with van der Waals surface area (Å²) >= 11 is 0. The summed E-state index contributed by atoms with van der Waals surface area (Å²) in [5.41, 5.74) is 0.890. The molecule has 0 radical (unpaired) electrons. The van der Waals surface area contributed by atoms with Crippen LogP contribution >= 0.6 is 0 Å². The van der Waals surface area contributed by atoms with E-state index < -0.39 is 8.32 Å². The molecule has 2 rings (SSSR count). The molecule has 2 atom stereocenters. The lowest BCUT2D eigenvalue weighted by molar-refractivity contribution is 0.0874. The number of hydrogen-bond donors (Lipinski definition) is 0. The van der Waals surface area contributed by atoms with E-state index in [1.165, 1.54) is 32.1 Å². The van der Waals surface area contributed by atoms with Gasteiger partial charge in [0.2, 0.25) is 0 Å². The second-order valence-electron chi connectivity index (χ2n) is 6.15. The normalized spacial score (nSPS) is 44.3. The van der Waals surface area contributed by atoms with E-state index in [1.807, 2.05) is 0 Å². The lowest BCUT2D eigenvalue weighted by Crippen LogP contribution is -2.37. The zero-order valence-corrected chi connectivity index (χ0v) is 10.4. The van der Waals surface area contributed by atoms with Gasteiger partial charge in [-0.1, -0.05) is 19.8 Å². The molecule has 0 aromatic rings. The van der Waals surface area contributed by atoms with Crippen molar-refractivity contribution in [2.45, 2.75) is 64.3 Å². The van der Waals surface area contributed by atoms with Crippen molar-refractivity contribution < 1.29 is 4.43 Å². The van der Waals surface area contributed by atoms with Crippen LogP contribution in [0.5, 0.6) is 0 Å². The topological polar surface area (TPSA) is 9.23 Å². The van der Waals surface area contributed by atoms with Gasteiger partial charge in [0.05, 0.1) is 5.60 Å². The second-order valence-corrected chi connectivity index (χ2v) is 10.6. The molecule has 0 bridgehead atoms. The summed E-state index contributed by atoms with van der Waals surface area (Å²) in [6, 6.07) is 0. The molecular formula is C11H22OSi. The molecule has 0 spiro atoms. The number of hydrogen-bond acceptors (Lipinski definition) is 1. The molecule has 76 valence electrons. The van der Waals surface area contributed by atoms with Crippen molar-refractivity contribution in [1.82, 2.24) is 0 Å². The molecule has 2 saturated carbocycles. The predicted octanol–water partition coefficient (Wildman–Crippen LogP) is 3.56. The SMILES string of the molecule is C[C@]12CCCC[C@@]1(O[Si](C)(C)C)C2. The van der Waals surface area contributed by atoms with Crippen molar-refractivity contribution in [2.75, 3.05) is 0 Å². The quantitative estimate of drug-likeness (QED) is 0.616. The molecule has 0 N–H and O–H groups in total. The molecule has 2 fully saturated rings. The Morgan fingerprint density at radius 1 is 1.08 bits per heavy atom. The van der Waals surface area contributed by atoms with Crippen molar-refractivity contribution in [3.05, 3.63) is 0 Å². The van der Waals surface area contributed by atoms with Crippen molar-refractivity contribution in [2.24, 2.45) is 5.41 Å². The highest BCUT2D eigenvalue weighted by Gasteiger charge is 2.66. The van der Waals surface area contributed by atoms with Gasteiger partial charge < -0.3 is 4.43 Å². The van der Waals surface area contributed by atoms with E-state index in [4.69, 9.17) is 4.43 Å². The maximum atomic E-state index is 6.38. The van der Waals surface area contributed by atoms with Crippen molar-refractivity contribution >= 4 is 8.32 Å². The summed E-state index contributed by atoms with van der Waals surface area (Å²) in [4.78, 5) is 0. The molecule has 2 aliphatic rings. The summed E-state index contributed by atoms with van der Waals surface area (Å²) < 4.78 is 6.38. The monoisotopic (exact) mass is 198 g/mol. The molecule has 0 saturated heterocycles. The van der Waals surface area contributed by atoms with Crippen LogP contribution in [0.15, 0.2) is 0 Å². The standard InChI is InChI=1S/C11H22OSi/c1-10-7-5-6-8-11(10,9-10)12-13(2,3)4/h5-9H2,1-4H3/t10-,11-/m1/s1. The van der Waals surface area contributed by atoms with Crippen LogP contribution in [-0.2, 0) is 4.43 Å². The molecule has 0 aromatic carbocycles. The third-order valence-corrected chi connectivity index (χ3v) is 4.71. The minimum atomic E-state index is -1.32. The Morgan fingerprint density at radius 3 is 2.23 bits per heavy atom. The van der Waals surface area contributed by atoms with E-state index in [1.54, 1.807) is 0 Å². The molecule has 2 heteroatoms. The van der Waals surface area contributed by atoms with Crippen LogP contribution in [0, 0.1) is 5.41 Å². The molecule has 1 nitrogen and oxygen atoms in total. The van der Waals surface area contributed by atoms with Crippen LogP contribution in [0.25, 0.3) is 0 Å². The van der Waals surface area contributed by atoms with Gasteiger partial charge in [0, 0.05) is 0 Å². The van der Waals surface area contributed by atoms with E-state index >= 15 is 0 Å². The highest BCUT2D eigenvalue weighted by atomic mass is 28.4. The number of fused-ring (bicyclic) bond motifs is 1. The van der Waals surface area contributed by atoms with Crippen LogP contribution in [0.3, 0.4) is 0 Å². The zero-order chi connectivity index (χ0) is 9.74. The zero-order valence-electron chi connectivity index (χ0n) is 9.44. The largest absolute Gasteiger partial charge is 0.412 e. The third-order valence-electron chi connectivity index (χ3n) is 3.71. The summed E-state index contributed by atoms with van der Waals surface area (Å²) in [5, 5.41) is 0. The smallest absolute Gasteiger partial charge is 0.184 e. The van der Waals surface area contributed by atoms with Crippen molar-refractivity contribution in [1.29, 1.82) is 0 Å². The van der Waals surface area contributed by atoms with Gasteiger partial charge in [-0.05, 0) is 44.3 Å². The lowest BCUT2D eigenvalue weighted by Gasteiger charge is -2.33. The van der Waals surface area contributed by atoms with Gasteiger partial charge in [0.15, 0.2) is 8.32 Å². The maximum Gasteiger partial charge on any atom is 0.184 e. The van der Waals surface area contributed by atoms with Crippen LogP contribution in [0.1, 0.15) is 39.0 Å². The van der Waals surface area contributed by atoms with Gasteiger partial charge in [-0.25, -0.2) is 0 Å². The summed E-state index contributed by atoms with van der Waals surface area (Å²) in [6.07, 6.45) is 6.88. The molecular weight excluding hydrogens is 176 g/mol. The lowest BCUT2D eigenvalue weighted by atomic mass is 9.88. The van der Waals surface area contributed by atoms with Crippen LogP contribution in [-0.4, -0.2) is 13.9 Å². The average molecular weight is 198 g/mol. The van der Waals surface area contributed by atoms with Gasteiger partial charge in [-0.2, -0.15) is 0 Å². The van der Waals surface area contributed by atoms with E-state index in [0.29, 0.717) is 11.0 Å². The highest BCUT2D eigenvalue weighted by molar-refractivity contribution is 6.69. The average Bonchev–Trinajstić information content (AvgIpc) is 2.50. The molecule has 2 aliphatic carbocycles. The minimum Gasteiger partial charge on any atom is -0.412 e. The fourth-order valence-electron chi connectivity index (χ4n) is 3.01. The first-order valence-corrected chi connectivity index (χ1v) is 8.98. The first-order chi connectivity index (χ1) is 5.87. The first-order valence-electron chi connectivity index (χ1n) is 5.57. The van der Waals surface area contributed by atoms with E-state index in [-0.39, 0.29) is 0 Å². The first kappa shape index (κ1) is 9.72. The maximum absolute atomic E-state index is 6.38. The van der Waals surface area contributed by atoms with Crippen LogP contribution < -0.4 is 0 Å². The van der Waals surface area contributed by atoms with Crippen molar-refractivity contribution in [3.63, 3.8) is 0 Å². The molecule has 0 aromatic heterocycles. The summed E-state index contributed by atoms with van der Waals surface area (Å²) in [7, 11) is -1.32. The fourth-order valence-corrected chi connectivity index (χ4v) is 4.61. The van der Waals surface area contributed by atoms with Crippen LogP contribution in [0.4, 0.5) is 0 Å². The van der Waals surface area contributed by atoms with Crippen molar-refractivity contribution in [3.8, 4) is 0 Å². The fraction of sp³-hybridized carbons (Fsp3) is 1.00. The number of rotatable bonds is 2. The van der Waals surface area contributed by atoms with E-state index in [0.717, 1.165) is 0 Å². The summed E-state index contributed by atoms with van der Waals surface area (Å²) in [6.45, 7) is 9.37. The third kappa shape index (κ3) is 1.59. The Labute approximate surface area is 83.0 Å². The Morgan fingerprint density at radius 2 is 1.69 bits per heavy atom. The Balaban J connectivity index is 2.06. The van der Waals surface area contributed by atoms with Gasteiger partial charge in [-0.15, -0.1) is 0 Å². The second kappa shape index (κ2) is 2.60. The van der Waals surface area contributed by atoms with Gasteiger partial charge >= 0.3 is 0 Å².